The Hall–Kier alpha value is -1.94. The Kier molecular flexibility index (Phi) is 4.35. The van der Waals surface area contributed by atoms with Crippen LogP contribution in [0.1, 0.15) is 31.1 Å². The topological polar surface area (TPSA) is 29.5 Å². The fourth-order valence-corrected chi connectivity index (χ4v) is 1.92. The lowest BCUT2D eigenvalue weighted by atomic mass is 10.0. The van der Waals surface area contributed by atoms with Gasteiger partial charge in [0.15, 0.2) is 11.6 Å². The van der Waals surface area contributed by atoms with Crippen LogP contribution in [0, 0.1) is 11.6 Å². The van der Waals surface area contributed by atoms with Gasteiger partial charge in [-0.1, -0.05) is 30.3 Å². The van der Waals surface area contributed by atoms with Gasteiger partial charge in [0.05, 0.1) is 6.10 Å². The molecule has 0 spiro atoms. The Balaban J connectivity index is 2.37. The van der Waals surface area contributed by atoms with Crippen LogP contribution in [0.15, 0.2) is 42.5 Å². The Morgan fingerprint density at radius 1 is 0.950 bits per heavy atom. The summed E-state index contributed by atoms with van der Waals surface area (Å²) in [5.74, 6) is -2.31. The van der Waals surface area contributed by atoms with Crippen LogP contribution in [0.5, 0.6) is 5.75 Å². The van der Waals surface area contributed by atoms with Crippen molar-refractivity contribution in [3.63, 3.8) is 0 Å². The zero-order chi connectivity index (χ0) is 14.7. The zero-order valence-corrected chi connectivity index (χ0v) is 11.3. The number of aliphatic hydroxyl groups is 1. The molecule has 2 nitrogen and oxygen atoms in total. The molecule has 2 rings (SSSR count). The van der Waals surface area contributed by atoms with Crippen LogP contribution in [0.3, 0.4) is 0 Å². The van der Waals surface area contributed by atoms with E-state index in [9.17, 15) is 13.9 Å². The van der Waals surface area contributed by atoms with E-state index >= 15 is 0 Å². The molecule has 0 saturated carbocycles. The van der Waals surface area contributed by atoms with E-state index in [-0.39, 0.29) is 17.4 Å². The summed E-state index contributed by atoms with van der Waals surface area (Å²) in [5, 5.41) is 10.1. The van der Waals surface area contributed by atoms with E-state index in [0.29, 0.717) is 5.56 Å². The third-order valence-corrected chi connectivity index (χ3v) is 2.85. The minimum Gasteiger partial charge on any atom is -0.488 e. The molecule has 1 unspecified atom stereocenters. The highest BCUT2D eigenvalue weighted by molar-refractivity contribution is 5.36. The van der Waals surface area contributed by atoms with Crippen LogP contribution in [-0.2, 0) is 0 Å². The van der Waals surface area contributed by atoms with Gasteiger partial charge in [-0.05, 0) is 31.5 Å². The highest BCUT2D eigenvalue weighted by Gasteiger charge is 2.21. The lowest BCUT2D eigenvalue weighted by molar-refractivity contribution is 0.207. The molecule has 0 aliphatic rings. The summed E-state index contributed by atoms with van der Waals surface area (Å²) in [6.45, 7) is 3.45. The Bertz CT molecular complexity index is 583. The number of ether oxygens (including phenoxy) is 1. The summed E-state index contributed by atoms with van der Waals surface area (Å²) in [5.41, 5.74) is 0.396. The number of hydrogen-bond acceptors (Lipinski definition) is 2. The third-order valence-electron chi connectivity index (χ3n) is 2.85. The monoisotopic (exact) mass is 278 g/mol. The summed E-state index contributed by atoms with van der Waals surface area (Å²) in [6.07, 6.45) is -1.47. The first-order valence-corrected chi connectivity index (χ1v) is 6.38. The predicted octanol–water partition coefficient (Wildman–Crippen LogP) is 3.83. The largest absolute Gasteiger partial charge is 0.488 e. The SMILES string of the molecule is CC(C)Oc1ccc(C(O)c2ccccc2)c(F)c1F. The summed E-state index contributed by atoms with van der Waals surface area (Å²) in [4.78, 5) is 0. The number of hydrogen-bond donors (Lipinski definition) is 1. The van der Waals surface area contributed by atoms with Gasteiger partial charge in [-0.3, -0.25) is 0 Å². The van der Waals surface area contributed by atoms with Crippen LogP contribution >= 0.6 is 0 Å². The van der Waals surface area contributed by atoms with Crippen LogP contribution in [0.25, 0.3) is 0 Å². The number of aliphatic hydroxyl groups excluding tert-OH is 1. The van der Waals surface area contributed by atoms with Crippen LogP contribution in [0.4, 0.5) is 8.78 Å². The molecule has 2 aromatic rings. The van der Waals surface area contributed by atoms with Gasteiger partial charge in [-0.2, -0.15) is 4.39 Å². The first kappa shape index (κ1) is 14.5. The molecular formula is C16H16F2O2. The van der Waals surface area contributed by atoms with Gasteiger partial charge in [-0.25, -0.2) is 4.39 Å². The van der Waals surface area contributed by atoms with E-state index in [4.69, 9.17) is 4.74 Å². The van der Waals surface area contributed by atoms with Crippen LogP contribution in [0.2, 0.25) is 0 Å². The van der Waals surface area contributed by atoms with Gasteiger partial charge in [0, 0.05) is 5.56 Å². The first-order valence-electron chi connectivity index (χ1n) is 6.38. The molecule has 0 bridgehead atoms. The van der Waals surface area contributed by atoms with E-state index in [1.807, 2.05) is 0 Å². The predicted molar refractivity (Wildman–Crippen MR) is 72.6 cm³/mol. The lowest BCUT2D eigenvalue weighted by Gasteiger charge is -2.16. The quantitative estimate of drug-likeness (QED) is 0.921. The molecular weight excluding hydrogens is 262 g/mol. The van der Waals surface area contributed by atoms with Crippen LogP contribution in [-0.4, -0.2) is 11.2 Å². The molecule has 0 fully saturated rings. The second kappa shape index (κ2) is 6.01. The molecule has 2 aromatic carbocycles. The van der Waals surface area contributed by atoms with Crippen molar-refractivity contribution in [2.45, 2.75) is 26.1 Å². The molecule has 0 heterocycles. The van der Waals surface area contributed by atoms with Gasteiger partial charge in [-0.15, -0.1) is 0 Å². The summed E-state index contributed by atoms with van der Waals surface area (Å²) < 4.78 is 33.1. The maximum Gasteiger partial charge on any atom is 0.201 e. The molecule has 0 aliphatic heterocycles. The molecule has 0 aliphatic carbocycles. The molecule has 0 saturated heterocycles. The van der Waals surface area contributed by atoms with E-state index < -0.39 is 17.7 Å². The van der Waals surface area contributed by atoms with Crippen molar-refractivity contribution in [1.29, 1.82) is 0 Å². The van der Waals surface area contributed by atoms with Gasteiger partial charge < -0.3 is 9.84 Å². The molecule has 0 radical (unpaired) electrons. The van der Waals surface area contributed by atoms with Crippen molar-refractivity contribution in [1.82, 2.24) is 0 Å². The van der Waals surface area contributed by atoms with Crippen molar-refractivity contribution in [2.75, 3.05) is 0 Å². The minimum atomic E-state index is -1.21. The Morgan fingerprint density at radius 3 is 2.20 bits per heavy atom. The summed E-state index contributed by atoms with van der Waals surface area (Å²) in [7, 11) is 0. The Morgan fingerprint density at radius 2 is 1.60 bits per heavy atom. The maximum atomic E-state index is 14.0. The van der Waals surface area contributed by atoms with E-state index in [1.54, 1.807) is 44.2 Å². The second-order valence-corrected chi connectivity index (χ2v) is 4.76. The molecule has 20 heavy (non-hydrogen) atoms. The average Bonchev–Trinajstić information content (AvgIpc) is 2.44. The number of halogens is 2. The molecule has 0 aromatic heterocycles. The van der Waals surface area contributed by atoms with Gasteiger partial charge in [0.2, 0.25) is 5.82 Å². The summed E-state index contributed by atoms with van der Waals surface area (Å²) >= 11 is 0. The van der Waals surface area contributed by atoms with E-state index in [2.05, 4.69) is 0 Å². The highest BCUT2D eigenvalue weighted by atomic mass is 19.2. The minimum absolute atomic E-state index is 0.107. The Labute approximate surface area is 116 Å². The van der Waals surface area contributed by atoms with Crippen molar-refractivity contribution in [3.05, 3.63) is 65.2 Å². The van der Waals surface area contributed by atoms with Crippen molar-refractivity contribution < 1.29 is 18.6 Å². The molecule has 1 atom stereocenters. The second-order valence-electron chi connectivity index (χ2n) is 4.76. The molecule has 1 N–H and O–H groups in total. The van der Waals surface area contributed by atoms with E-state index in [1.165, 1.54) is 12.1 Å². The van der Waals surface area contributed by atoms with Gasteiger partial charge in [0.25, 0.3) is 0 Å². The highest BCUT2D eigenvalue weighted by Crippen LogP contribution is 2.30. The zero-order valence-electron chi connectivity index (χ0n) is 11.3. The van der Waals surface area contributed by atoms with Crippen molar-refractivity contribution >= 4 is 0 Å². The van der Waals surface area contributed by atoms with Gasteiger partial charge >= 0.3 is 0 Å². The van der Waals surface area contributed by atoms with Crippen molar-refractivity contribution in [3.8, 4) is 5.75 Å². The number of benzene rings is 2. The molecule has 106 valence electrons. The maximum absolute atomic E-state index is 14.0. The van der Waals surface area contributed by atoms with Crippen molar-refractivity contribution in [2.24, 2.45) is 0 Å². The van der Waals surface area contributed by atoms with Crippen LogP contribution < -0.4 is 4.74 Å². The summed E-state index contributed by atoms with van der Waals surface area (Å²) in [6, 6.07) is 11.2. The van der Waals surface area contributed by atoms with E-state index in [0.717, 1.165) is 0 Å². The fraction of sp³-hybridized carbons (Fsp3) is 0.250. The molecule has 0 amide bonds. The fourth-order valence-electron chi connectivity index (χ4n) is 1.92. The average molecular weight is 278 g/mol. The first-order chi connectivity index (χ1) is 9.50. The third kappa shape index (κ3) is 2.96. The molecule has 4 heteroatoms. The number of rotatable bonds is 4. The lowest BCUT2D eigenvalue weighted by Crippen LogP contribution is -2.10. The normalized spacial score (nSPS) is 12.5. The smallest absolute Gasteiger partial charge is 0.201 e. The standard InChI is InChI=1S/C16H16F2O2/c1-10(2)20-13-9-8-12(14(17)15(13)18)16(19)11-6-4-3-5-7-11/h3-10,16,19H,1-2H3. The van der Waals surface area contributed by atoms with Gasteiger partial charge in [0.1, 0.15) is 6.10 Å².